The van der Waals surface area contributed by atoms with Crippen molar-refractivity contribution in [2.45, 2.75) is 53.1 Å². The van der Waals surface area contributed by atoms with Gasteiger partial charge in [0, 0.05) is 16.9 Å². The number of carbonyl (C=O) groups is 2. The minimum absolute atomic E-state index is 0.0948. The number of aryl methyl sites for hydroxylation is 3. The number of rotatable bonds is 3. The van der Waals surface area contributed by atoms with Crippen LogP contribution in [-0.4, -0.2) is 44.9 Å². The number of amides is 2. The monoisotopic (exact) mass is 417 g/mol. The molecular weight excluding hydrogens is 390 g/mol. The lowest BCUT2D eigenvalue weighted by Gasteiger charge is -2.27. The van der Waals surface area contributed by atoms with Crippen molar-refractivity contribution >= 4 is 34.9 Å². The van der Waals surface area contributed by atoms with Gasteiger partial charge >= 0.3 is 0 Å². The van der Waals surface area contributed by atoms with E-state index in [-0.39, 0.29) is 17.4 Å². The zero-order valence-electron chi connectivity index (χ0n) is 17.3. The molecule has 1 unspecified atom stereocenters. The van der Waals surface area contributed by atoms with Gasteiger partial charge in [0.2, 0.25) is 5.91 Å². The summed E-state index contributed by atoms with van der Waals surface area (Å²) in [6.45, 7) is 11.8. The van der Waals surface area contributed by atoms with Gasteiger partial charge in [0.25, 0.3) is 5.91 Å². The van der Waals surface area contributed by atoms with Gasteiger partial charge in [-0.3, -0.25) is 9.59 Å². The van der Waals surface area contributed by atoms with E-state index in [9.17, 15) is 9.59 Å². The minimum Gasteiger partial charge on any atom is -0.350 e. The third-order valence-corrected chi connectivity index (χ3v) is 6.74. The van der Waals surface area contributed by atoms with E-state index in [0.717, 1.165) is 21.8 Å². The van der Waals surface area contributed by atoms with Crippen molar-refractivity contribution in [2.75, 3.05) is 11.6 Å². The Morgan fingerprint density at radius 3 is 2.57 bits per heavy atom. The van der Waals surface area contributed by atoms with Crippen molar-refractivity contribution in [3.05, 3.63) is 39.9 Å². The van der Waals surface area contributed by atoms with Crippen LogP contribution in [0.3, 0.4) is 0 Å². The van der Waals surface area contributed by atoms with Crippen LogP contribution in [0.5, 0.6) is 0 Å². The predicted molar refractivity (Wildman–Crippen MR) is 117 cm³/mol. The fourth-order valence-electron chi connectivity index (χ4n) is 3.21. The molecule has 150 valence electrons. The van der Waals surface area contributed by atoms with Crippen LogP contribution >= 0.6 is 23.1 Å². The number of thioether (sulfide) groups is 1. The zero-order valence-corrected chi connectivity index (χ0v) is 18.9. The van der Waals surface area contributed by atoms with Crippen LogP contribution in [-0.2, 0) is 4.79 Å². The Hall–Kier alpha value is -1.86. The van der Waals surface area contributed by atoms with Crippen molar-refractivity contribution in [3.63, 3.8) is 0 Å². The average molecular weight is 418 g/mol. The number of aromatic nitrogens is 1. The van der Waals surface area contributed by atoms with Gasteiger partial charge in [0.15, 0.2) is 0 Å². The SMILES string of the molecule is Cc1ccc(-c2nc(C)c(C(=O)N3CSCC3C(=O)NC(C)(C)C)s2)c(C)c1. The average Bonchev–Trinajstić information content (AvgIpc) is 3.19. The van der Waals surface area contributed by atoms with Gasteiger partial charge in [-0.25, -0.2) is 4.98 Å². The highest BCUT2D eigenvalue weighted by molar-refractivity contribution is 7.99. The zero-order chi connectivity index (χ0) is 20.6. The van der Waals surface area contributed by atoms with Crippen LogP contribution in [0.25, 0.3) is 10.6 Å². The Morgan fingerprint density at radius 2 is 1.93 bits per heavy atom. The van der Waals surface area contributed by atoms with E-state index in [1.54, 1.807) is 16.7 Å². The second-order valence-corrected chi connectivity index (χ2v) is 10.3. The first-order valence-corrected chi connectivity index (χ1v) is 11.3. The maximum Gasteiger partial charge on any atom is 0.267 e. The number of nitrogens with one attached hydrogen (secondary N) is 1. The van der Waals surface area contributed by atoms with E-state index in [1.807, 2.05) is 27.7 Å². The van der Waals surface area contributed by atoms with E-state index < -0.39 is 6.04 Å². The molecule has 1 aromatic heterocycles. The summed E-state index contributed by atoms with van der Waals surface area (Å²) in [5, 5.41) is 3.85. The highest BCUT2D eigenvalue weighted by Gasteiger charge is 2.37. The maximum absolute atomic E-state index is 13.2. The Morgan fingerprint density at radius 1 is 1.21 bits per heavy atom. The van der Waals surface area contributed by atoms with Crippen LogP contribution in [0.2, 0.25) is 0 Å². The Kier molecular flexibility index (Phi) is 5.87. The van der Waals surface area contributed by atoms with Crippen molar-refractivity contribution in [1.82, 2.24) is 15.2 Å². The molecule has 1 aromatic carbocycles. The van der Waals surface area contributed by atoms with E-state index >= 15 is 0 Å². The second-order valence-electron chi connectivity index (χ2n) is 8.28. The Bertz CT molecular complexity index is 915. The van der Waals surface area contributed by atoms with Gasteiger partial charge in [-0.05, 0) is 47.1 Å². The van der Waals surface area contributed by atoms with Gasteiger partial charge < -0.3 is 10.2 Å². The van der Waals surface area contributed by atoms with Crippen molar-refractivity contribution in [2.24, 2.45) is 0 Å². The number of hydrogen-bond donors (Lipinski definition) is 1. The van der Waals surface area contributed by atoms with Crippen LogP contribution in [0.4, 0.5) is 0 Å². The molecule has 1 saturated heterocycles. The van der Waals surface area contributed by atoms with E-state index in [4.69, 9.17) is 0 Å². The third-order valence-electron chi connectivity index (χ3n) is 4.55. The molecular formula is C21H27N3O2S2. The van der Waals surface area contributed by atoms with Gasteiger partial charge in [-0.2, -0.15) is 0 Å². The van der Waals surface area contributed by atoms with Crippen LogP contribution in [0.15, 0.2) is 18.2 Å². The first-order valence-electron chi connectivity index (χ1n) is 9.32. The minimum atomic E-state index is -0.442. The van der Waals surface area contributed by atoms with Crippen molar-refractivity contribution in [1.29, 1.82) is 0 Å². The molecule has 0 saturated carbocycles. The molecule has 0 bridgehead atoms. The number of carbonyl (C=O) groups excluding carboxylic acids is 2. The molecule has 3 rings (SSSR count). The maximum atomic E-state index is 13.2. The predicted octanol–water partition coefficient (Wildman–Crippen LogP) is 4.17. The van der Waals surface area contributed by atoms with Crippen molar-refractivity contribution < 1.29 is 9.59 Å². The molecule has 1 fully saturated rings. The fraction of sp³-hybridized carbons (Fsp3) is 0.476. The number of hydrogen-bond acceptors (Lipinski definition) is 5. The molecule has 7 heteroatoms. The molecule has 2 heterocycles. The first kappa shape index (κ1) is 20.9. The van der Waals surface area contributed by atoms with Crippen LogP contribution < -0.4 is 5.32 Å². The van der Waals surface area contributed by atoms with Gasteiger partial charge in [-0.15, -0.1) is 23.1 Å². The summed E-state index contributed by atoms with van der Waals surface area (Å²) >= 11 is 3.02. The summed E-state index contributed by atoms with van der Waals surface area (Å²) in [4.78, 5) is 32.9. The lowest BCUT2D eigenvalue weighted by molar-refractivity contribution is -0.125. The molecule has 1 aliphatic heterocycles. The largest absolute Gasteiger partial charge is 0.350 e. The molecule has 1 N–H and O–H groups in total. The Labute approximate surface area is 174 Å². The fourth-order valence-corrected chi connectivity index (χ4v) is 5.47. The summed E-state index contributed by atoms with van der Waals surface area (Å²) < 4.78 is 0. The van der Waals surface area contributed by atoms with Gasteiger partial charge in [0.1, 0.15) is 15.9 Å². The topological polar surface area (TPSA) is 62.3 Å². The number of nitrogens with zero attached hydrogens (tertiary/aromatic N) is 2. The first-order chi connectivity index (χ1) is 13.1. The molecule has 5 nitrogen and oxygen atoms in total. The molecule has 2 aromatic rings. The molecule has 0 aliphatic carbocycles. The summed E-state index contributed by atoms with van der Waals surface area (Å²) in [6, 6.07) is 5.80. The van der Waals surface area contributed by atoms with E-state index in [0.29, 0.717) is 16.5 Å². The molecule has 2 amide bonds. The third kappa shape index (κ3) is 4.41. The van der Waals surface area contributed by atoms with E-state index in [2.05, 4.69) is 42.3 Å². The molecule has 0 spiro atoms. The molecule has 28 heavy (non-hydrogen) atoms. The second kappa shape index (κ2) is 7.87. The molecule has 0 radical (unpaired) electrons. The molecule has 1 aliphatic rings. The quantitative estimate of drug-likeness (QED) is 0.814. The standard InChI is InChI=1S/C21H27N3O2S2/c1-12-7-8-15(13(2)9-12)19-22-14(3)17(28-19)20(26)24-11-27-10-16(24)18(25)23-21(4,5)6/h7-9,16H,10-11H2,1-6H3,(H,23,25). The number of thiazole rings is 1. The normalized spacial score (nSPS) is 17.1. The molecule has 1 atom stereocenters. The smallest absolute Gasteiger partial charge is 0.267 e. The van der Waals surface area contributed by atoms with Gasteiger partial charge in [-0.1, -0.05) is 23.8 Å². The lowest BCUT2D eigenvalue weighted by Crippen LogP contribution is -2.52. The Balaban J connectivity index is 1.86. The van der Waals surface area contributed by atoms with Crippen molar-refractivity contribution in [3.8, 4) is 10.6 Å². The summed E-state index contributed by atoms with van der Waals surface area (Å²) in [5.74, 6) is 0.944. The van der Waals surface area contributed by atoms with Crippen LogP contribution in [0, 0.1) is 20.8 Å². The highest BCUT2D eigenvalue weighted by atomic mass is 32.2. The number of benzene rings is 1. The van der Waals surface area contributed by atoms with E-state index in [1.165, 1.54) is 16.9 Å². The van der Waals surface area contributed by atoms with Gasteiger partial charge in [0.05, 0.1) is 11.6 Å². The highest BCUT2D eigenvalue weighted by Crippen LogP contribution is 2.33. The summed E-state index contributed by atoms with van der Waals surface area (Å²) in [5.41, 5.74) is 3.79. The van der Waals surface area contributed by atoms with Crippen LogP contribution in [0.1, 0.15) is 47.3 Å². The lowest BCUT2D eigenvalue weighted by atomic mass is 10.1. The summed E-state index contributed by atoms with van der Waals surface area (Å²) in [6.07, 6.45) is 0. The summed E-state index contributed by atoms with van der Waals surface area (Å²) in [7, 11) is 0.